The summed E-state index contributed by atoms with van der Waals surface area (Å²) in [5.41, 5.74) is 0. The van der Waals surface area contributed by atoms with Gasteiger partial charge in [0.05, 0.1) is 0 Å². The molecule has 2 aliphatic rings. The predicted octanol–water partition coefficient (Wildman–Crippen LogP) is 1.10. The van der Waals surface area contributed by atoms with E-state index in [4.69, 9.17) is 0 Å². The van der Waals surface area contributed by atoms with Crippen LogP contribution in [-0.2, 0) is 0 Å². The molecule has 0 N–H and O–H groups in total. The molecule has 0 aromatic rings. The van der Waals surface area contributed by atoms with Gasteiger partial charge in [-0.3, -0.25) is 0 Å². The van der Waals surface area contributed by atoms with Crippen LogP contribution in [0.5, 0.6) is 0 Å². The predicted molar refractivity (Wildman–Crippen MR) is 33.8 cm³/mol. The van der Waals surface area contributed by atoms with Crippen LogP contribution in [-0.4, -0.2) is 24.5 Å². The van der Waals surface area contributed by atoms with Crippen molar-refractivity contribution in [2.24, 2.45) is 5.92 Å². The Morgan fingerprint density at radius 2 is 2.25 bits per heavy atom. The second-order valence-corrected chi connectivity index (χ2v) is 3.27. The van der Waals surface area contributed by atoms with E-state index in [1.165, 1.54) is 25.8 Å². The highest BCUT2D eigenvalue weighted by molar-refractivity contribution is 4.89. The highest BCUT2D eigenvalue weighted by Gasteiger charge is 2.34. The van der Waals surface area contributed by atoms with Crippen LogP contribution in [0.15, 0.2) is 0 Å². The van der Waals surface area contributed by atoms with Gasteiger partial charge in [0.1, 0.15) is 0 Å². The van der Waals surface area contributed by atoms with Crippen molar-refractivity contribution in [3.63, 3.8) is 0 Å². The number of hydrogen-bond acceptors (Lipinski definition) is 1. The van der Waals surface area contributed by atoms with E-state index in [0.717, 1.165) is 12.0 Å². The molecule has 1 heterocycles. The second-order valence-electron chi connectivity index (χ2n) is 3.27. The average molecular weight is 111 g/mol. The Kier molecular flexibility index (Phi) is 0.884. The van der Waals surface area contributed by atoms with E-state index < -0.39 is 0 Å². The summed E-state index contributed by atoms with van der Waals surface area (Å²) in [6.07, 6.45) is 4.48. The van der Waals surface area contributed by atoms with Crippen molar-refractivity contribution in [3.05, 3.63) is 0 Å². The van der Waals surface area contributed by atoms with E-state index in [-0.39, 0.29) is 0 Å². The number of piperidine rings is 1. The molecule has 1 aliphatic carbocycles. The molecule has 46 valence electrons. The molecular formula is C7H13N. The second kappa shape index (κ2) is 1.47. The minimum atomic E-state index is 0.972. The van der Waals surface area contributed by atoms with E-state index >= 15 is 0 Å². The van der Waals surface area contributed by atoms with Gasteiger partial charge in [0.2, 0.25) is 0 Å². The summed E-state index contributed by atoms with van der Waals surface area (Å²) in [5, 5.41) is 0. The van der Waals surface area contributed by atoms with Crippen LogP contribution in [0, 0.1) is 5.92 Å². The molecule has 1 unspecified atom stereocenters. The summed E-state index contributed by atoms with van der Waals surface area (Å²) < 4.78 is 0. The Morgan fingerprint density at radius 3 is 2.50 bits per heavy atom. The summed E-state index contributed by atoms with van der Waals surface area (Å²) in [6.45, 7) is 1.38. The fourth-order valence-electron chi connectivity index (χ4n) is 2.17. The first-order valence-corrected chi connectivity index (χ1v) is 3.56. The number of likely N-dealkylation sites (tertiary alicyclic amines) is 1. The van der Waals surface area contributed by atoms with Crippen LogP contribution in [0.2, 0.25) is 0 Å². The molecule has 1 heteroatoms. The lowest BCUT2D eigenvalue weighted by atomic mass is 10.1. The Balaban J connectivity index is 2.11. The van der Waals surface area contributed by atoms with E-state index in [2.05, 4.69) is 11.9 Å². The van der Waals surface area contributed by atoms with Gasteiger partial charge in [0.25, 0.3) is 0 Å². The van der Waals surface area contributed by atoms with Crippen molar-refractivity contribution in [1.82, 2.24) is 4.90 Å². The van der Waals surface area contributed by atoms with Gasteiger partial charge in [-0.15, -0.1) is 0 Å². The van der Waals surface area contributed by atoms with Gasteiger partial charge in [-0.2, -0.15) is 0 Å². The molecular weight excluding hydrogens is 98.1 g/mol. The summed E-state index contributed by atoms with van der Waals surface area (Å²) in [5.74, 6) is 1.07. The normalized spacial score (nSPS) is 46.1. The van der Waals surface area contributed by atoms with Crippen molar-refractivity contribution in [2.75, 3.05) is 13.6 Å². The summed E-state index contributed by atoms with van der Waals surface area (Å²) >= 11 is 0. The Labute approximate surface area is 50.7 Å². The maximum absolute atomic E-state index is 2.51. The molecule has 0 radical (unpaired) electrons. The van der Waals surface area contributed by atoms with E-state index in [0.29, 0.717) is 0 Å². The van der Waals surface area contributed by atoms with Gasteiger partial charge in [-0.25, -0.2) is 0 Å². The van der Waals surface area contributed by atoms with E-state index in [1.54, 1.807) is 0 Å². The zero-order valence-electron chi connectivity index (χ0n) is 5.43. The molecule has 2 rings (SSSR count). The summed E-state index contributed by atoms with van der Waals surface area (Å²) in [6, 6.07) is 0.972. The largest absolute Gasteiger partial charge is 0.303 e. The lowest BCUT2D eigenvalue weighted by Gasteiger charge is -2.20. The average Bonchev–Trinajstić information content (AvgIpc) is 2.23. The third-order valence-electron chi connectivity index (χ3n) is 2.68. The van der Waals surface area contributed by atoms with Crippen molar-refractivity contribution < 1.29 is 0 Å². The number of fused-ring (bicyclic) bond motifs is 2. The first kappa shape index (κ1) is 4.80. The molecule has 0 aromatic carbocycles. The first-order chi connectivity index (χ1) is 3.86. The molecule has 2 fully saturated rings. The number of hydrogen-bond donors (Lipinski definition) is 0. The van der Waals surface area contributed by atoms with Crippen molar-refractivity contribution in [1.29, 1.82) is 0 Å². The third kappa shape index (κ3) is 0.510. The molecule has 1 saturated heterocycles. The van der Waals surface area contributed by atoms with Crippen LogP contribution in [0.3, 0.4) is 0 Å². The monoisotopic (exact) mass is 111 g/mol. The Bertz CT molecular complexity index is 98.6. The maximum atomic E-state index is 2.51. The topological polar surface area (TPSA) is 3.24 Å². The molecule has 1 nitrogen and oxygen atoms in total. The van der Waals surface area contributed by atoms with Crippen molar-refractivity contribution in [2.45, 2.75) is 25.3 Å². The Morgan fingerprint density at radius 1 is 1.38 bits per heavy atom. The minimum absolute atomic E-state index is 0.972. The lowest BCUT2D eigenvalue weighted by molar-refractivity contribution is 0.261. The number of rotatable bonds is 0. The standard InChI is InChI=1S/C7H13N/c1-8-5-6-2-3-7(8)4-6/h6-7H,2-5H2,1H3/t6-,7?/m1/s1. The van der Waals surface area contributed by atoms with Gasteiger partial charge in [-0.1, -0.05) is 0 Å². The molecule has 0 amide bonds. The van der Waals surface area contributed by atoms with Crippen molar-refractivity contribution >= 4 is 0 Å². The zero-order valence-corrected chi connectivity index (χ0v) is 5.43. The molecule has 0 spiro atoms. The fraction of sp³-hybridized carbons (Fsp3) is 1.00. The van der Waals surface area contributed by atoms with Crippen LogP contribution >= 0.6 is 0 Å². The van der Waals surface area contributed by atoms with Gasteiger partial charge < -0.3 is 4.90 Å². The van der Waals surface area contributed by atoms with E-state index in [1.807, 2.05) is 0 Å². The molecule has 1 saturated carbocycles. The van der Waals surface area contributed by atoms with Crippen LogP contribution in [0.25, 0.3) is 0 Å². The Hall–Kier alpha value is -0.0400. The highest BCUT2D eigenvalue weighted by Crippen LogP contribution is 2.35. The molecule has 2 atom stereocenters. The van der Waals surface area contributed by atoms with Gasteiger partial charge in [0, 0.05) is 12.6 Å². The SMILES string of the molecule is CN1C[C@@H]2CCC1C2. The molecule has 8 heavy (non-hydrogen) atoms. The smallest absolute Gasteiger partial charge is 0.00955 e. The quantitative estimate of drug-likeness (QED) is 0.452. The molecule has 1 aliphatic heterocycles. The van der Waals surface area contributed by atoms with Crippen LogP contribution < -0.4 is 0 Å². The first-order valence-electron chi connectivity index (χ1n) is 3.56. The fourth-order valence-corrected chi connectivity index (χ4v) is 2.17. The van der Waals surface area contributed by atoms with Crippen LogP contribution in [0.4, 0.5) is 0 Å². The van der Waals surface area contributed by atoms with E-state index in [9.17, 15) is 0 Å². The summed E-state index contributed by atoms with van der Waals surface area (Å²) in [4.78, 5) is 2.51. The summed E-state index contributed by atoms with van der Waals surface area (Å²) in [7, 11) is 2.25. The lowest BCUT2D eigenvalue weighted by Crippen LogP contribution is -2.27. The van der Waals surface area contributed by atoms with Crippen molar-refractivity contribution in [3.8, 4) is 0 Å². The number of nitrogens with zero attached hydrogens (tertiary/aromatic N) is 1. The zero-order chi connectivity index (χ0) is 5.56. The minimum Gasteiger partial charge on any atom is -0.303 e. The molecule has 0 aromatic heterocycles. The third-order valence-corrected chi connectivity index (χ3v) is 2.68. The molecule has 2 bridgehead atoms. The maximum Gasteiger partial charge on any atom is 0.00955 e. The van der Waals surface area contributed by atoms with Gasteiger partial charge in [-0.05, 0) is 32.2 Å². The van der Waals surface area contributed by atoms with Gasteiger partial charge in [0.15, 0.2) is 0 Å². The van der Waals surface area contributed by atoms with Crippen LogP contribution in [0.1, 0.15) is 19.3 Å². The van der Waals surface area contributed by atoms with Gasteiger partial charge >= 0.3 is 0 Å². The highest BCUT2D eigenvalue weighted by atomic mass is 15.2.